The summed E-state index contributed by atoms with van der Waals surface area (Å²) in [4.78, 5) is 0. The molecule has 0 amide bonds. The van der Waals surface area contributed by atoms with E-state index in [4.69, 9.17) is 15.3 Å². The highest BCUT2D eigenvalue weighted by atomic mass is 16.4. The minimum Gasteiger partial charge on any atom is -0.395 e. The summed E-state index contributed by atoms with van der Waals surface area (Å²) in [5.41, 5.74) is -1.94. The highest BCUT2D eigenvalue weighted by Gasteiger charge is 2.51. The zero-order valence-corrected chi connectivity index (χ0v) is 9.85. The monoisotopic (exact) mass is 267 g/mol. The van der Waals surface area contributed by atoms with Crippen molar-refractivity contribution in [3.63, 3.8) is 0 Å². The van der Waals surface area contributed by atoms with Crippen LogP contribution < -0.4 is 5.32 Å². The quantitative estimate of drug-likeness (QED) is 0.248. The SMILES string of the molecule is OCC(CO)N[C@H]1C[C@@](O)(CO)[C@@H](O)[C@@H](O)[C@H]1O. The van der Waals surface area contributed by atoms with Crippen LogP contribution in [0, 0.1) is 0 Å². The lowest BCUT2D eigenvalue weighted by atomic mass is 9.76. The molecule has 1 aliphatic rings. The number of rotatable bonds is 5. The van der Waals surface area contributed by atoms with Crippen molar-refractivity contribution in [2.45, 2.75) is 42.4 Å². The smallest absolute Gasteiger partial charge is 0.118 e. The molecule has 0 heterocycles. The highest BCUT2D eigenvalue weighted by molar-refractivity contribution is 5.05. The molecule has 0 saturated heterocycles. The van der Waals surface area contributed by atoms with Crippen LogP contribution >= 0.6 is 0 Å². The first kappa shape index (κ1) is 15.7. The Bertz CT molecular complexity index is 263. The minimum absolute atomic E-state index is 0.223. The van der Waals surface area contributed by atoms with Gasteiger partial charge in [0.15, 0.2) is 0 Å². The summed E-state index contributed by atoms with van der Waals surface area (Å²) >= 11 is 0. The van der Waals surface area contributed by atoms with E-state index in [0.29, 0.717) is 0 Å². The van der Waals surface area contributed by atoms with Crippen molar-refractivity contribution >= 4 is 0 Å². The van der Waals surface area contributed by atoms with E-state index in [-0.39, 0.29) is 6.42 Å². The lowest BCUT2D eigenvalue weighted by Crippen LogP contribution is -2.68. The fraction of sp³-hybridized carbons (Fsp3) is 1.00. The van der Waals surface area contributed by atoms with Gasteiger partial charge in [-0.2, -0.15) is 0 Å². The van der Waals surface area contributed by atoms with Gasteiger partial charge in [0, 0.05) is 6.04 Å². The Labute approximate surface area is 104 Å². The van der Waals surface area contributed by atoms with Crippen LogP contribution in [0.2, 0.25) is 0 Å². The van der Waals surface area contributed by atoms with Crippen molar-refractivity contribution in [3.8, 4) is 0 Å². The molecule has 0 spiro atoms. The molecule has 1 saturated carbocycles. The van der Waals surface area contributed by atoms with Gasteiger partial charge in [0.25, 0.3) is 0 Å². The second kappa shape index (κ2) is 6.22. The van der Waals surface area contributed by atoms with Crippen molar-refractivity contribution in [1.29, 1.82) is 0 Å². The van der Waals surface area contributed by atoms with Crippen molar-refractivity contribution in [2.75, 3.05) is 19.8 Å². The molecule has 0 bridgehead atoms. The average molecular weight is 267 g/mol. The fourth-order valence-corrected chi connectivity index (χ4v) is 2.15. The average Bonchev–Trinajstić information content (AvgIpc) is 2.39. The number of aliphatic hydroxyl groups is 7. The van der Waals surface area contributed by atoms with Crippen LogP contribution in [0.15, 0.2) is 0 Å². The van der Waals surface area contributed by atoms with Gasteiger partial charge in [0.05, 0.1) is 32.0 Å². The van der Waals surface area contributed by atoms with Gasteiger partial charge in [-0.15, -0.1) is 0 Å². The van der Waals surface area contributed by atoms with E-state index in [1.165, 1.54) is 0 Å². The summed E-state index contributed by atoms with van der Waals surface area (Å²) < 4.78 is 0. The van der Waals surface area contributed by atoms with Crippen molar-refractivity contribution in [2.24, 2.45) is 0 Å². The maximum Gasteiger partial charge on any atom is 0.118 e. The molecule has 1 fully saturated rings. The highest BCUT2D eigenvalue weighted by Crippen LogP contribution is 2.29. The molecule has 5 atom stereocenters. The molecule has 1 rings (SSSR count). The largest absolute Gasteiger partial charge is 0.395 e. The molecule has 8 heteroatoms. The number of aliphatic hydroxyl groups excluding tert-OH is 6. The van der Waals surface area contributed by atoms with E-state index in [9.17, 15) is 20.4 Å². The molecule has 0 aromatic carbocycles. The van der Waals surface area contributed by atoms with Crippen LogP contribution in [0.3, 0.4) is 0 Å². The van der Waals surface area contributed by atoms with E-state index in [0.717, 1.165) is 0 Å². The van der Waals surface area contributed by atoms with E-state index >= 15 is 0 Å². The van der Waals surface area contributed by atoms with Crippen molar-refractivity contribution in [3.05, 3.63) is 0 Å². The molecule has 18 heavy (non-hydrogen) atoms. The predicted molar refractivity (Wildman–Crippen MR) is 59.6 cm³/mol. The molecule has 0 aromatic heterocycles. The van der Waals surface area contributed by atoms with Crippen molar-refractivity contribution < 1.29 is 35.7 Å². The lowest BCUT2D eigenvalue weighted by Gasteiger charge is -2.46. The summed E-state index contributed by atoms with van der Waals surface area (Å²) in [6.45, 7) is -1.56. The third kappa shape index (κ3) is 2.98. The van der Waals surface area contributed by atoms with Gasteiger partial charge in [-0.05, 0) is 6.42 Å². The molecule has 1 aliphatic carbocycles. The summed E-state index contributed by atoms with van der Waals surface area (Å²) in [6, 6.07) is -1.60. The Kier molecular flexibility index (Phi) is 5.44. The fourth-order valence-electron chi connectivity index (χ4n) is 2.15. The van der Waals surface area contributed by atoms with E-state index in [1.54, 1.807) is 0 Å². The second-order valence-corrected chi connectivity index (χ2v) is 4.73. The Hall–Kier alpha value is -0.320. The van der Waals surface area contributed by atoms with Crippen molar-refractivity contribution in [1.82, 2.24) is 5.32 Å². The zero-order chi connectivity index (χ0) is 13.9. The van der Waals surface area contributed by atoms with Gasteiger partial charge in [-0.3, -0.25) is 0 Å². The van der Waals surface area contributed by atoms with E-state index < -0.39 is 55.8 Å². The summed E-state index contributed by atoms with van der Waals surface area (Å²) in [5.74, 6) is 0. The third-order valence-electron chi connectivity index (χ3n) is 3.37. The Balaban J connectivity index is 2.79. The maximum absolute atomic E-state index is 9.93. The first-order chi connectivity index (χ1) is 8.39. The Morgan fingerprint density at radius 2 is 1.61 bits per heavy atom. The minimum atomic E-state index is -1.94. The molecule has 0 radical (unpaired) electrons. The second-order valence-electron chi connectivity index (χ2n) is 4.73. The molecular weight excluding hydrogens is 246 g/mol. The Morgan fingerprint density at radius 1 is 1.06 bits per heavy atom. The normalized spacial score (nSPS) is 41.3. The van der Waals surface area contributed by atoms with Gasteiger partial charge in [-0.25, -0.2) is 0 Å². The van der Waals surface area contributed by atoms with Crippen LogP contribution in [0.1, 0.15) is 6.42 Å². The first-order valence-electron chi connectivity index (χ1n) is 5.74. The molecule has 108 valence electrons. The third-order valence-corrected chi connectivity index (χ3v) is 3.37. The van der Waals surface area contributed by atoms with Gasteiger partial charge in [-0.1, -0.05) is 0 Å². The van der Waals surface area contributed by atoms with Gasteiger partial charge in [0.1, 0.15) is 17.8 Å². The van der Waals surface area contributed by atoms with Crippen LogP contribution in [-0.4, -0.2) is 91.6 Å². The Morgan fingerprint density at radius 3 is 2.06 bits per heavy atom. The maximum atomic E-state index is 9.93. The number of hydrogen-bond acceptors (Lipinski definition) is 8. The molecule has 0 aliphatic heterocycles. The van der Waals surface area contributed by atoms with Crippen LogP contribution in [0.5, 0.6) is 0 Å². The lowest BCUT2D eigenvalue weighted by molar-refractivity contribution is -0.207. The molecule has 8 N–H and O–H groups in total. The van der Waals surface area contributed by atoms with Gasteiger partial charge >= 0.3 is 0 Å². The molecule has 0 unspecified atom stereocenters. The van der Waals surface area contributed by atoms with Gasteiger partial charge in [0.2, 0.25) is 0 Å². The number of nitrogens with one attached hydrogen (secondary N) is 1. The first-order valence-corrected chi connectivity index (χ1v) is 5.74. The van der Waals surface area contributed by atoms with E-state index in [2.05, 4.69) is 5.32 Å². The van der Waals surface area contributed by atoms with E-state index in [1.807, 2.05) is 0 Å². The van der Waals surface area contributed by atoms with Crippen LogP contribution in [0.4, 0.5) is 0 Å². The summed E-state index contributed by atoms with van der Waals surface area (Å²) in [7, 11) is 0. The van der Waals surface area contributed by atoms with Crippen LogP contribution in [-0.2, 0) is 0 Å². The predicted octanol–water partition coefficient (Wildman–Crippen LogP) is -4.49. The summed E-state index contributed by atoms with van der Waals surface area (Å²) in [6.07, 6.45) is -4.91. The molecular formula is C10H21NO7. The zero-order valence-electron chi connectivity index (χ0n) is 9.85. The summed E-state index contributed by atoms with van der Waals surface area (Å²) in [5, 5.41) is 68.4. The standard InChI is InChI=1S/C10H21NO7/c12-2-5(3-13)11-6-1-10(18,4-14)9(17)8(16)7(6)15/h5-9,11-18H,1-4H2/t6-,7-,8-,9-,10+/m0/s1. The molecule has 0 aromatic rings. The van der Waals surface area contributed by atoms with Gasteiger partial charge < -0.3 is 41.1 Å². The van der Waals surface area contributed by atoms with Crippen LogP contribution in [0.25, 0.3) is 0 Å². The molecule has 8 nitrogen and oxygen atoms in total. The topological polar surface area (TPSA) is 154 Å². The number of hydrogen-bond donors (Lipinski definition) is 8.